The van der Waals surface area contributed by atoms with Crippen LogP contribution in [0.4, 0.5) is 17.5 Å². The molecule has 0 bridgehead atoms. The number of fused-ring (bicyclic) bond motifs is 1. The molecule has 0 amide bonds. The molecule has 30 heavy (non-hydrogen) atoms. The fraction of sp³-hybridized carbons (Fsp3) is 0.500. The summed E-state index contributed by atoms with van der Waals surface area (Å²) < 4.78 is 2.14. The molecule has 7 N–H and O–H groups in total. The van der Waals surface area contributed by atoms with Gasteiger partial charge < -0.3 is 27.1 Å². The fourth-order valence-corrected chi connectivity index (χ4v) is 4.28. The third-order valence-corrected chi connectivity index (χ3v) is 5.91. The predicted octanol–water partition coefficient (Wildman–Crippen LogP) is 3.15. The number of imidazole rings is 1. The highest BCUT2D eigenvalue weighted by atomic mass is 15.2. The largest absolute Gasteiger partial charge is 0.398 e. The lowest BCUT2D eigenvalue weighted by Crippen LogP contribution is -2.33. The molecule has 8 nitrogen and oxygen atoms in total. The first-order valence-electron chi connectivity index (χ1n) is 10.7. The Balaban J connectivity index is 1.71. The second kappa shape index (κ2) is 8.10. The van der Waals surface area contributed by atoms with Crippen molar-refractivity contribution in [3.05, 3.63) is 35.2 Å². The van der Waals surface area contributed by atoms with E-state index in [-0.39, 0.29) is 6.04 Å². The Kier molecular flexibility index (Phi) is 5.51. The smallest absolute Gasteiger partial charge is 0.226 e. The minimum absolute atomic E-state index is 0.172. The maximum absolute atomic E-state index is 6.30. The van der Waals surface area contributed by atoms with E-state index in [9.17, 15) is 0 Å². The first kappa shape index (κ1) is 20.4. The topological polar surface area (TPSA) is 134 Å². The first-order valence-corrected chi connectivity index (χ1v) is 10.7. The van der Waals surface area contributed by atoms with E-state index >= 15 is 0 Å². The van der Waals surface area contributed by atoms with Gasteiger partial charge in [0.25, 0.3) is 0 Å². The van der Waals surface area contributed by atoms with Crippen molar-refractivity contribution in [1.29, 1.82) is 0 Å². The molecule has 0 saturated heterocycles. The van der Waals surface area contributed by atoms with E-state index in [1.807, 2.05) is 12.1 Å². The van der Waals surface area contributed by atoms with Gasteiger partial charge in [0.15, 0.2) is 17.0 Å². The van der Waals surface area contributed by atoms with Crippen LogP contribution >= 0.6 is 0 Å². The Hall–Kier alpha value is -2.87. The lowest BCUT2D eigenvalue weighted by atomic mass is 9.92. The number of nitrogens with two attached hydrogens (primary N) is 3. The van der Waals surface area contributed by atoms with Crippen molar-refractivity contribution < 1.29 is 0 Å². The second-order valence-corrected chi connectivity index (χ2v) is 8.73. The zero-order chi connectivity index (χ0) is 21.4. The molecule has 0 spiro atoms. The van der Waals surface area contributed by atoms with Crippen LogP contribution in [0.15, 0.2) is 18.2 Å². The predicted molar refractivity (Wildman–Crippen MR) is 122 cm³/mol. The first-order chi connectivity index (χ1) is 14.3. The monoisotopic (exact) mass is 408 g/mol. The van der Waals surface area contributed by atoms with Crippen LogP contribution < -0.4 is 22.5 Å². The second-order valence-electron chi connectivity index (χ2n) is 8.73. The number of nitrogens with zero attached hydrogens (tertiary/aromatic N) is 4. The standard InChI is InChI=1S/C22H32N8/c1-12(2)30-18(11-14-10-13(3)4-9-17(14)24)27-19-20(25)28-22(29-21(19)30)26-16-7-5-15(23)6-8-16/h4,9-10,12,15-16H,5-8,11,23-24H2,1-3H3,(H3,25,26,28,29). The van der Waals surface area contributed by atoms with E-state index in [2.05, 4.69) is 41.7 Å². The highest BCUT2D eigenvalue weighted by Crippen LogP contribution is 2.28. The Morgan fingerprint density at radius 3 is 2.53 bits per heavy atom. The Labute approximate surface area is 177 Å². The molecular weight excluding hydrogens is 376 g/mol. The van der Waals surface area contributed by atoms with Crippen molar-refractivity contribution in [2.45, 2.75) is 71.0 Å². The molecule has 3 aromatic rings. The van der Waals surface area contributed by atoms with Gasteiger partial charge in [-0.25, -0.2) is 4.98 Å². The number of benzene rings is 1. The normalized spacial score (nSPS) is 19.5. The third kappa shape index (κ3) is 4.05. The zero-order valence-corrected chi connectivity index (χ0v) is 18.0. The van der Waals surface area contributed by atoms with Crippen LogP contribution in [0.2, 0.25) is 0 Å². The van der Waals surface area contributed by atoms with Crippen molar-refractivity contribution in [1.82, 2.24) is 19.5 Å². The summed E-state index contributed by atoms with van der Waals surface area (Å²) in [5.74, 6) is 1.84. The molecule has 1 saturated carbocycles. The van der Waals surface area contributed by atoms with Crippen LogP contribution in [0.25, 0.3) is 11.2 Å². The summed E-state index contributed by atoms with van der Waals surface area (Å²) in [6.07, 6.45) is 4.68. The van der Waals surface area contributed by atoms with Crippen LogP contribution in [0.5, 0.6) is 0 Å². The summed E-state index contributed by atoms with van der Waals surface area (Å²) in [5, 5.41) is 3.46. The SMILES string of the molecule is Cc1ccc(N)c(Cc2nc3c(N)nc(NC4CCC(N)CC4)nc3n2C(C)C)c1. The highest BCUT2D eigenvalue weighted by molar-refractivity contribution is 5.83. The fourth-order valence-electron chi connectivity index (χ4n) is 4.28. The highest BCUT2D eigenvalue weighted by Gasteiger charge is 2.22. The molecule has 1 aliphatic rings. The van der Waals surface area contributed by atoms with E-state index in [0.29, 0.717) is 35.8 Å². The molecule has 4 rings (SSSR count). The van der Waals surface area contributed by atoms with Gasteiger partial charge in [0.1, 0.15) is 5.82 Å². The van der Waals surface area contributed by atoms with Gasteiger partial charge in [0, 0.05) is 30.2 Å². The minimum atomic E-state index is 0.172. The maximum atomic E-state index is 6.30. The lowest BCUT2D eigenvalue weighted by Gasteiger charge is -2.26. The van der Waals surface area contributed by atoms with Gasteiger partial charge in [-0.05, 0) is 58.1 Å². The van der Waals surface area contributed by atoms with E-state index in [0.717, 1.165) is 48.4 Å². The van der Waals surface area contributed by atoms with Crippen LogP contribution in [-0.2, 0) is 6.42 Å². The van der Waals surface area contributed by atoms with E-state index in [4.69, 9.17) is 27.2 Å². The van der Waals surface area contributed by atoms with E-state index in [1.54, 1.807) is 0 Å². The lowest BCUT2D eigenvalue weighted by molar-refractivity contribution is 0.410. The molecular formula is C22H32N8. The summed E-state index contributed by atoms with van der Waals surface area (Å²) in [6, 6.07) is 6.86. The van der Waals surface area contributed by atoms with Crippen molar-refractivity contribution >= 4 is 28.6 Å². The summed E-state index contributed by atoms with van der Waals surface area (Å²) in [6.45, 7) is 6.31. The number of rotatable bonds is 5. The molecule has 0 radical (unpaired) electrons. The van der Waals surface area contributed by atoms with Gasteiger partial charge in [0.2, 0.25) is 5.95 Å². The van der Waals surface area contributed by atoms with Crippen molar-refractivity contribution in [3.63, 3.8) is 0 Å². The number of nitrogen functional groups attached to an aromatic ring is 2. The summed E-state index contributed by atoms with van der Waals surface area (Å²) in [5.41, 5.74) is 22.9. The summed E-state index contributed by atoms with van der Waals surface area (Å²) >= 11 is 0. The van der Waals surface area contributed by atoms with Gasteiger partial charge in [-0.1, -0.05) is 17.7 Å². The zero-order valence-electron chi connectivity index (χ0n) is 18.0. The third-order valence-electron chi connectivity index (χ3n) is 5.91. The van der Waals surface area contributed by atoms with Gasteiger partial charge >= 0.3 is 0 Å². The molecule has 0 atom stereocenters. The maximum Gasteiger partial charge on any atom is 0.226 e. The average Bonchev–Trinajstić information content (AvgIpc) is 3.05. The Bertz CT molecular complexity index is 1050. The average molecular weight is 409 g/mol. The summed E-state index contributed by atoms with van der Waals surface area (Å²) in [7, 11) is 0. The van der Waals surface area contributed by atoms with Crippen LogP contribution in [0.1, 0.15) is 62.5 Å². The van der Waals surface area contributed by atoms with Crippen molar-refractivity contribution in [3.8, 4) is 0 Å². The van der Waals surface area contributed by atoms with Crippen LogP contribution in [0.3, 0.4) is 0 Å². The number of aromatic nitrogens is 4. The molecule has 160 valence electrons. The van der Waals surface area contributed by atoms with Gasteiger partial charge in [-0.3, -0.25) is 0 Å². The number of hydrogen-bond acceptors (Lipinski definition) is 7. The van der Waals surface area contributed by atoms with Crippen LogP contribution in [0, 0.1) is 6.92 Å². The molecule has 8 heteroatoms. The van der Waals surface area contributed by atoms with Crippen LogP contribution in [-0.4, -0.2) is 31.6 Å². The molecule has 1 aromatic carbocycles. The quantitative estimate of drug-likeness (QED) is 0.476. The van der Waals surface area contributed by atoms with Crippen molar-refractivity contribution in [2.75, 3.05) is 16.8 Å². The number of anilines is 3. The van der Waals surface area contributed by atoms with E-state index < -0.39 is 0 Å². The van der Waals surface area contributed by atoms with Gasteiger partial charge in [-0.15, -0.1) is 0 Å². The number of nitrogens with one attached hydrogen (secondary N) is 1. The van der Waals surface area contributed by atoms with Crippen molar-refractivity contribution in [2.24, 2.45) is 5.73 Å². The molecule has 2 heterocycles. The summed E-state index contributed by atoms with van der Waals surface area (Å²) in [4.78, 5) is 14.1. The Morgan fingerprint density at radius 2 is 1.83 bits per heavy atom. The van der Waals surface area contributed by atoms with Gasteiger partial charge in [-0.2, -0.15) is 9.97 Å². The van der Waals surface area contributed by atoms with E-state index in [1.165, 1.54) is 5.56 Å². The number of hydrogen-bond donors (Lipinski definition) is 4. The minimum Gasteiger partial charge on any atom is -0.398 e. The molecule has 0 aliphatic heterocycles. The molecule has 1 aliphatic carbocycles. The molecule has 1 fully saturated rings. The number of aryl methyl sites for hydroxylation is 1. The molecule has 0 unspecified atom stereocenters. The Morgan fingerprint density at radius 1 is 1.10 bits per heavy atom. The van der Waals surface area contributed by atoms with Gasteiger partial charge in [0.05, 0.1) is 0 Å². The molecule has 2 aromatic heterocycles.